The maximum absolute atomic E-state index is 12.1. The summed E-state index contributed by atoms with van der Waals surface area (Å²) in [6.45, 7) is 4.11. The van der Waals surface area contributed by atoms with Gasteiger partial charge in [0.2, 0.25) is 10.0 Å². The molecule has 112 valence electrons. The Morgan fingerprint density at radius 1 is 1.35 bits per heavy atom. The number of rotatable bonds is 7. The van der Waals surface area contributed by atoms with Crippen molar-refractivity contribution in [2.24, 2.45) is 5.92 Å². The van der Waals surface area contributed by atoms with Crippen LogP contribution in [0.2, 0.25) is 0 Å². The molecule has 1 aliphatic carbocycles. The zero-order valence-electron chi connectivity index (χ0n) is 11.8. The summed E-state index contributed by atoms with van der Waals surface area (Å²) < 4.78 is 32.0. The maximum Gasteiger partial charge on any atom is 0.240 e. The summed E-state index contributed by atoms with van der Waals surface area (Å²) in [5.74, 6) is 0.835. The van der Waals surface area contributed by atoms with Crippen molar-refractivity contribution in [3.63, 3.8) is 0 Å². The van der Waals surface area contributed by atoms with Gasteiger partial charge in [-0.1, -0.05) is 0 Å². The molecular formula is C14H21NO4S. The molecule has 20 heavy (non-hydrogen) atoms. The number of aliphatic hydroxyl groups is 1. The topological polar surface area (TPSA) is 75.6 Å². The van der Waals surface area contributed by atoms with Crippen molar-refractivity contribution in [2.75, 3.05) is 13.2 Å². The molecule has 0 bridgehead atoms. The molecule has 1 saturated carbocycles. The third kappa shape index (κ3) is 3.71. The van der Waals surface area contributed by atoms with Gasteiger partial charge in [0.15, 0.2) is 0 Å². The van der Waals surface area contributed by atoms with E-state index >= 15 is 0 Å². The summed E-state index contributed by atoms with van der Waals surface area (Å²) >= 11 is 0. The highest BCUT2D eigenvalue weighted by atomic mass is 32.2. The lowest BCUT2D eigenvalue weighted by atomic mass is 10.0. The Morgan fingerprint density at radius 2 is 1.95 bits per heavy atom. The molecular weight excluding hydrogens is 278 g/mol. The predicted octanol–water partition coefficient (Wildman–Crippen LogP) is 1.52. The predicted molar refractivity (Wildman–Crippen MR) is 76.1 cm³/mol. The first-order chi connectivity index (χ1) is 9.35. The van der Waals surface area contributed by atoms with Gasteiger partial charge in [0, 0.05) is 6.54 Å². The quantitative estimate of drug-likeness (QED) is 0.800. The molecule has 2 N–H and O–H groups in total. The molecule has 0 aliphatic heterocycles. The number of hydrogen-bond donors (Lipinski definition) is 2. The number of ether oxygens (including phenoxy) is 1. The second kappa shape index (κ2) is 5.71. The van der Waals surface area contributed by atoms with E-state index in [1.165, 1.54) is 12.1 Å². The minimum absolute atomic E-state index is 0.0349. The molecule has 0 radical (unpaired) electrons. The first-order valence-electron chi connectivity index (χ1n) is 6.80. The van der Waals surface area contributed by atoms with Gasteiger partial charge in [-0.05, 0) is 56.9 Å². The van der Waals surface area contributed by atoms with Gasteiger partial charge < -0.3 is 9.84 Å². The van der Waals surface area contributed by atoms with E-state index in [9.17, 15) is 13.5 Å². The fraction of sp³-hybridized carbons (Fsp3) is 0.571. The van der Waals surface area contributed by atoms with E-state index in [-0.39, 0.29) is 17.4 Å². The third-order valence-electron chi connectivity index (χ3n) is 3.52. The normalized spacial score (nSPS) is 18.6. The van der Waals surface area contributed by atoms with Crippen molar-refractivity contribution < 1.29 is 18.3 Å². The number of sulfonamides is 1. The lowest BCUT2D eigenvalue weighted by Crippen LogP contribution is -2.42. The zero-order valence-corrected chi connectivity index (χ0v) is 12.6. The molecule has 1 atom stereocenters. The highest BCUT2D eigenvalue weighted by Gasteiger charge is 2.40. The van der Waals surface area contributed by atoms with Crippen molar-refractivity contribution in [1.29, 1.82) is 0 Å². The van der Waals surface area contributed by atoms with Gasteiger partial charge in [0.25, 0.3) is 0 Å². The van der Waals surface area contributed by atoms with Gasteiger partial charge in [-0.25, -0.2) is 13.1 Å². The number of hydrogen-bond acceptors (Lipinski definition) is 4. The Hall–Kier alpha value is -1.11. The Bertz CT molecular complexity index is 547. The fourth-order valence-corrected chi connectivity index (χ4v) is 3.20. The molecule has 1 aromatic carbocycles. The van der Waals surface area contributed by atoms with Crippen LogP contribution < -0.4 is 9.46 Å². The molecule has 2 rings (SSSR count). The molecule has 6 heteroatoms. The molecule has 0 spiro atoms. The standard InChI is InChI=1S/C14H21NO4S/c1-3-19-12-6-8-13(9-7-12)20(17,18)15-10-14(2,16)11-4-5-11/h6-9,11,15-16H,3-5,10H2,1-2H3. The van der Waals surface area contributed by atoms with Crippen molar-refractivity contribution in [3.05, 3.63) is 24.3 Å². The van der Waals surface area contributed by atoms with Crippen LogP contribution in [0, 0.1) is 5.92 Å². The van der Waals surface area contributed by atoms with E-state index in [4.69, 9.17) is 4.74 Å². The summed E-state index contributed by atoms with van der Waals surface area (Å²) in [7, 11) is -3.60. The number of nitrogens with one attached hydrogen (secondary N) is 1. The first-order valence-corrected chi connectivity index (χ1v) is 8.28. The molecule has 1 aromatic rings. The van der Waals surface area contributed by atoms with Crippen LogP contribution in [-0.4, -0.2) is 32.3 Å². The average Bonchev–Trinajstić information content (AvgIpc) is 3.23. The minimum atomic E-state index is -3.60. The summed E-state index contributed by atoms with van der Waals surface area (Å²) in [4.78, 5) is 0.174. The van der Waals surface area contributed by atoms with Crippen LogP contribution >= 0.6 is 0 Å². The summed E-state index contributed by atoms with van der Waals surface area (Å²) in [6.07, 6.45) is 1.91. The Kier molecular flexibility index (Phi) is 4.36. The molecule has 0 aromatic heterocycles. The van der Waals surface area contributed by atoms with Gasteiger partial charge >= 0.3 is 0 Å². The second-order valence-corrected chi connectivity index (χ2v) is 7.13. The van der Waals surface area contributed by atoms with Gasteiger partial charge in [-0.3, -0.25) is 0 Å². The highest BCUT2D eigenvalue weighted by molar-refractivity contribution is 7.89. The Morgan fingerprint density at radius 3 is 2.45 bits per heavy atom. The average molecular weight is 299 g/mol. The minimum Gasteiger partial charge on any atom is -0.494 e. The van der Waals surface area contributed by atoms with Gasteiger partial charge in [-0.2, -0.15) is 0 Å². The molecule has 0 heterocycles. The molecule has 0 amide bonds. The monoisotopic (exact) mass is 299 g/mol. The van der Waals surface area contributed by atoms with Crippen LogP contribution in [0.25, 0.3) is 0 Å². The van der Waals surface area contributed by atoms with E-state index < -0.39 is 15.6 Å². The van der Waals surface area contributed by atoms with Gasteiger partial charge in [0.05, 0.1) is 17.1 Å². The molecule has 1 fully saturated rings. The van der Waals surface area contributed by atoms with E-state index in [0.29, 0.717) is 12.4 Å². The van der Waals surface area contributed by atoms with Crippen LogP contribution in [0.15, 0.2) is 29.2 Å². The van der Waals surface area contributed by atoms with Crippen LogP contribution in [-0.2, 0) is 10.0 Å². The number of benzene rings is 1. The van der Waals surface area contributed by atoms with Crippen molar-refractivity contribution in [2.45, 2.75) is 37.2 Å². The lowest BCUT2D eigenvalue weighted by Gasteiger charge is -2.23. The summed E-state index contributed by atoms with van der Waals surface area (Å²) in [5, 5.41) is 10.1. The molecule has 1 aliphatic rings. The van der Waals surface area contributed by atoms with Crippen molar-refractivity contribution >= 4 is 10.0 Å². The van der Waals surface area contributed by atoms with E-state index in [2.05, 4.69) is 4.72 Å². The zero-order chi connectivity index (χ0) is 14.8. The van der Waals surface area contributed by atoms with Crippen molar-refractivity contribution in [3.8, 4) is 5.75 Å². The van der Waals surface area contributed by atoms with Crippen LogP contribution in [0.1, 0.15) is 26.7 Å². The maximum atomic E-state index is 12.1. The first kappa shape index (κ1) is 15.3. The lowest BCUT2D eigenvalue weighted by molar-refractivity contribution is 0.0422. The summed E-state index contributed by atoms with van der Waals surface area (Å²) in [6, 6.07) is 6.24. The van der Waals surface area contributed by atoms with Crippen LogP contribution in [0.4, 0.5) is 0 Å². The Balaban J connectivity index is 2.02. The smallest absolute Gasteiger partial charge is 0.240 e. The largest absolute Gasteiger partial charge is 0.494 e. The SMILES string of the molecule is CCOc1ccc(S(=O)(=O)NCC(C)(O)C2CC2)cc1. The van der Waals surface area contributed by atoms with Gasteiger partial charge in [-0.15, -0.1) is 0 Å². The Labute approximate surface area is 120 Å². The van der Waals surface area contributed by atoms with Crippen molar-refractivity contribution in [1.82, 2.24) is 4.72 Å². The third-order valence-corrected chi connectivity index (χ3v) is 4.94. The van der Waals surface area contributed by atoms with E-state index in [1.807, 2.05) is 6.92 Å². The summed E-state index contributed by atoms with van der Waals surface area (Å²) in [5.41, 5.74) is -0.974. The molecule has 1 unspecified atom stereocenters. The second-order valence-electron chi connectivity index (χ2n) is 5.36. The van der Waals surface area contributed by atoms with Crippen LogP contribution in [0.3, 0.4) is 0 Å². The van der Waals surface area contributed by atoms with Gasteiger partial charge in [0.1, 0.15) is 5.75 Å². The molecule has 0 saturated heterocycles. The van der Waals surface area contributed by atoms with Crippen LogP contribution in [0.5, 0.6) is 5.75 Å². The van der Waals surface area contributed by atoms with E-state index in [0.717, 1.165) is 12.8 Å². The molecule has 5 nitrogen and oxygen atoms in total. The van der Waals surface area contributed by atoms with E-state index in [1.54, 1.807) is 19.1 Å². The fourth-order valence-electron chi connectivity index (χ4n) is 2.06. The highest BCUT2D eigenvalue weighted by Crippen LogP contribution is 2.39.